The highest BCUT2D eigenvalue weighted by molar-refractivity contribution is 7.86. The molecular weight excluding hydrogens is 514 g/mol. The summed E-state index contributed by atoms with van der Waals surface area (Å²) in [6, 6.07) is 0. The van der Waals surface area contributed by atoms with Crippen molar-refractivity contribution in [1.29, 1.82) is 0 Å². The lowest BCUT2D eigenvalue weighted by molar-refractivity contribution is -0.149. The molecule has 0 radical (unpaired) electrons. The molecule has 4 atom stereocenters. The highest BCUT2D eigenvalue weighted by Gasteiger charge is 2.57. The van der Waals surface area contributed by atoms with E-state index in [4.69, 9.17) is 18.6 Å². The van der Waals surface area contributed by atoms with Gasteiger partial charge in [-0.1, -0.05) is 19.3 Å². The zero-order valence-corrected chi connectivity index (χ0v) is 22.0. The summed E-state index contributed by atoms with van der Waals surface area (Å²) in [6.07, 6.45) is 8.50. The second-order valence-electron chi connectivity index (χ2n) is 11.3. The van der Waals surface area contributed by atoms with Crippen LogP contribution >= 0.6 is 0 Å². The summed E-state index contributed by atoms with van der Waals surface area (Å²) in [5.41, 5.74) is -0.360. The third-order valence-electron chi connectivity index (χ3n) is 8.72. The zero-order valence-electron chi connectivity index (χ0n) is 20.3. The van der Waals surface area contributed by atoms with Gasteiger partial charge < -0.3 is 14.8 Å². The van der Waals surface area contributed by atoms with E-state index in [1.807, 2.05) is 0 Å². The second-order valence-corrected chi connectivity index (χ2v) is 14.4. The highest BCUT2D eigenvalue weighted by Crippen LogP contribution is 2.61. The Morgan fingerprint density at radius 1 is 0.806 bits per heavy atom. The highest BCUT2D eigenvalue weighted by atomic mass is 32.2. The Morgan fingerprint density at radius 2 is 1.39 bits per heavy atom. The van der Waals surface area contributed by atoms with Crippen molar-refractivity contribution in [2.45, 2.75) is 69.7 Å². The molecule has 206 valence electrons. The fraction of sp³-hybridized carbons (Fsp3) is 0.913. The first kappa shape index (κ1) is 27.6. The summed E-state index contributed by atoms with van der Waals surface area (Å²) in [5.74, 6) is 0.284. The Kier molecular flexibility index (Phi) is 8.23. The molecule has 0 spiro atoms. The third-order valence-corrected chi connectivity index (χ3v) is 10.1. The predicted molar refractivity (Wildman–Crippen MR) is 128 cm³/mol. The Bertz CT molecular complexity index is 1030. The number of hydrogen-bond acceptors (Lipinski definition) is 8. The van der Waals surface area contributed by atoms with Gasteiger partial charge in [0.15, 0.2) is 0 Å². The number of rotatable bonds is 9. The van der Waals surface area contributed by atoms with E-state index in [2.05, 4.69) is 5.32 Å². The fourth-order valence-corrected chi connectivity index (χ4v) is 8.39. The minimum absolute atomic E-state index is 0.277. The van der Waals surface area contributed by atoms with Crippen LogP contribution in [-0.2, 0) is 34.5 Å². The molecule has 0 saturated heterocycles. The molecule has 5 aliphatic rings. The largest absolute Gasteiger partial charge is 0.464 e. The maximum Gasteiger partial charge on any atom is 0.407 e. The molecule has 0 aromatic heterocycles. The molecule has 0 heterocycles. The summed E-state index contributed by atoms with van der Waals surface area (Å²) < 4.78 is 71.5. The minimum atomic E-state index is -4.19. The number of nitrogens with one attached hydrogen (secondary N) is 1. The van der Waals surface area contributed by atoms with Gasteiger partial charge in [0.1, 0.15) is 24.7 Å². The van der Waals surface area contributed by atoms with Gasteiger partial charge in [0, 0.05) is 5.54 Å². The van der Waals surface area contributed by atoms with E-state index in [-0.39, 0.29) is 24.0 Å². The van der Waals surface area contributed by atoms with Crippen LogP contribution in [0.3, 0.4) is 0 Å². The van der Waals surface area contributed by atoms with E-state index in [1.165, 1.54) is 0 Å². The van der Waals surface area contributed by atoms with Crippen molar-refractivity contribution in [2.75, 3.05) is 24.7 Å². The lowest BCUT2D eigenvalue weighted by Gasteiger charge is -2.61. The molecule has 36 heavy (non-hydrogen) atoms. The summed E-state index contributed by atoms with van der Waals surface area (Å²) in [5, 5.41) is 3.03. The quantitative estimate of drug-likeness (QED) is 0.219. The first-order valence-electron chi connectivity index (χ1n) is 12.8. The van der Waals surface area contributed by atoms with E-state index in [0.717, 1.165) is 51.4 Å². The van der Waals surface area contributed by atoms with E-state index >= 15 is 0 Å². The molecule has 4 unspecified atom stereocenters. The first-order chi connectivity index (χ1) is 16.8. The van der Waals surface area contributed by atoms with Gasteiger partial charge >= 0.3 is 12.1 Å². The monoisotopic (exact) mass is 551 g/mol. The molecule has 13 heteroatoms. The number of ether oxygens (including phenoxy) is 2. The molecule has 5 fully saturated rings. The van der Waals surface area contributed by atoms with E-state index < -0.39 is 44.4 Å². The standard InChI is InChI=1S/C23H37NO10S2/c25-21(33-5-7-35(27,28)29)17-4-2-1-3-16(11-17)20-18-9-15-10-19(20)14-23(12-15,13-18)24-22(26)34-6-8-36(30,31)32/h15-20H,1-14H2,(H,24,26)(H,27,28,29)(H,30,31,32). The minimum Gasteiger partial charge on any atom is -0.464 e. The van der Waals surface area contributed by atoms with Gasteiger partial charge in [-0.3, -0.25) is 13.9 Å². The van der Waals surface area contributed by atoms with Crippen LogP contribution in [-0.4, -0.2) is 68.3 Å². The average Bonchev–Trinajstić information content (AvgIpc) is 2.97. The van der Waals surface area contributed by atoms with E-state index in [1.54, 1.807) is 0 Å². The Balaban J connectivity index is 1.36. The van der Waals surface area contributed by atoms with Crippen molar-refractivity contribution >= 4 is 32.3 Å². The smallest absolute Gasteiger partial charge is 0.407 e. The van der Waals surface area contributed by atoms with Gasteiger partial charge in [-0.05, 0) is 74.5 Å². The fourth-order valence-electron chi connectivity index (χ4n) is 7.81. The number of amides is 1. The molecule has 5 aliphatic carbocycles. The topological polar surface area (TPSA) is 173 Å². The summed E-state index contributed by atoms with van der Waals surface area (Å²) in [6.45, 7) is -0.743. The van der Waals surface area contributed by atoms with Crippen molar-refractivity contribution in [3.05, 3.63) is 0 Å². The molecule has 0 aromatic rings. The lowest BCUT2D eigenvalue weighted by Crippen LogP contribution is -2.63. The van der Waals surface area contributed by atoms with Gasteiger partial charge in [-0.15, -0.1) is 0 Å². The van der Waals surface area contributed by atoms with Gasteiger partial charge in [0.05, 0.1) is 5.92 Å². The maximum atomic E-state index is 12.7. The van der Waals surface area contributed by atoms with Crippen LogP contribution in [0.25, 0.3) is 0 Å². The summed E-state index contributed by atoms with van der Waals surface area (Å²) >= 11 is 0. The Morgan fingerprint density at radius 3 is 2.00 bits per heavy atom. The number of carbonyl (C=O) groups excluding carboxylic acids is 2. The predicted octanol–water partition coefficient (Wildman–Crippen LogP) is 2.42. The molecular formula is C23H37NO10S2. The Labute approximate surface area is 212 Å². The normalized spacial score (nSPS) is 36.2. The molecule has 0 aliphatic heterocycles. The van der Waals surface area contributed by atoms with E-state index in [0.29, 0.717) is 42.4 Å². The van der Waals surface area contributed by atoms with Crippen LogP contribution in [0.5, 0.6) is 0 Å². The SMILES string of the molecule is O=C(NC12CC3CC(C1)C(C1CCCCC(C(=O)OCCS(=O)(=O)O)C1)C(C3)C2)OCCS(=O)(=O)O. The molecule has 4 bridgehead atoms. The molecule has 5 rings (SSSR count). The van der Waals surface area contributed by atoms with Crippen molar-refractivity contribution in [3.8, 4) is 0 Å². The van der Waals surface area contributed by atoms with Gasteiger partial charge in [-0.25, -0.2) is 4.79 Å². The van der Waals surface area contributed by atoms with E-state index in [9.17, 15) is 26.4 Å². The van der Waals surface area contributed by atoms with Gasteiger partial charge in [0.2, 0.25) is 0 Å². The van der Waals surface area contributed by atoms with Crippen LogP contribution in [0.15, 0.2) is 0 Å². The molecule has 5 saturated carbocycles. The van der Waals surface area contributed by atoms with Crippen LogP contribution in [0.1, 0.15) is 64.2 Å². The van der Waals surface area contributed by atoms with Crippen LogP contribution < -0.4 is 5.32 Å². The molecule has 3 N–H and O–H groups in total. The second kappa shape index (κ2) is 10.7. The number of hydrogen-bond donors (Lipinski definition) is 3. The van der Waals surface area contributed by atoms with Gasteiger partial charge in [0.25, 0.3) is 20.2 Å². The number of esters is 1. The molecule has 0 aromatic carbocycles. The summed E-state index contributed by atoms with van der Waals surface area (Å²) in [7, 11) is -8.37. The Hall–Kier alpha value is -1.44. The lowest BCUT2D eigenvalue weighted by atomic mass is 9.46. The van der Waals surface area contributed by atoms with Crippen molar-refractivity contribution in [3.63, 3.8) is 0 Å². The van der Waals surface area contributed by atoms with Gasteiger partial charge in [-0.2, -0.15) is 16.8 Å². The number of alkyl carbamates (subject to hydrolysis) is 1. The van der Waals surface area contributed by atoms with Crippen molar-refractivity contribution < 1.29 is 45.0 Å². The van der Waals surface area contributed by atoms with Crippen LogP contribution in [0.4, 0.5) is 4.79 Å². The average molecular weight is 552 g/mol. The van der Waals surface area contributed by atoms with Crippen LogP contribution in [0, 0.1) is 35.5 Å². The zero-order chi connectivity index (χ0) is 26.1. The summed E-state index contributed by atoms with van der Waals surface area (Å²) in [4.78, 5) is 25.1. The van der Waals surface area contributed by atoms with Crippen molar-refractivity contribution in [1.82, 2.24) is 5.32 Å². The molecule has 1 amide bonds. The van der Waals surface area contributed by atoms with Crippen molar-refractivity contribution in [2.24, 2.45) is 35.5 Å². The third kappa shape index (κ3) is 7.11. The maximum absolute atomic E-state index is 12.7. The number of carbonyl (C=O) groups is 2. The first-order valence-corrected chi connectivity index (χ1v) is 16.1. The van der Waals surface area contributed by atoms with Crippen LogP contribution in [0.2, 0.25) is 0 Å². The molecule has 11 nitrogen and oxygen atoms in total.